The van der Waals surface area contributed by atoms with Crippen LogP contribution in [0.5, 0.6) is 5.75 Å². The predicted octanol–water partition coefficient (Wildman–Crippen LogP) is 2.99. The van der Waals surface area contributed by atoms with Gasteiger partial charge in [0.15, 0.2) is 0 Å². The second-order valence-corrected chi connectivity index (χ2v) is 6.39. The summed E-state index contributed by atoms with van der Waals surface area (Å²) in [5, 5.41) is 15.8. The van der Waals surface area contributed by atoms with Gasteiger partial charge in [0.25, 0.3) is 0 Å². The first kappa shape index (κ1) is 18.3. The van der Waals surface area contributed by atoms with Gasteiger partial charge in [-0.3, -0.25) is 10.00 Å². The average Bonchev–Trinajstić information content (AvgIpc) is 2.92. The Morgan fingerprint density at radius 1 is 1.32 bits per heavy atom. The lowest BCUT2D eigenvalue weighted by molar-refractivity contribution is 0.0634. The van der Waals surface area contributed by atoms with Crippen LogP contribution in [0.15, 0.2) is 30.6 Å². The molecule has 0 aliphatic rings. The molecule has 0 spiro atoms. The molecule has 0 radical (unpaired) electrons. The maximum Gasteiger partial charge on any atom is 0.412 e. The number of nitrogens with one attached hydrogen (secondary N) is 1. The van der Waals surface area contributed by atoms with Crippen molar-refractivity contribution in [1.29, 1.82) is 0 Å². The average molecular weight is 347 g/mol. The summed E-state index contributed by atoms with van der Waals surface area (Å²) in [7, 11) is 1.48. The van der Waals surface area contributed by atoms with Crippen LogP contribution in [0.3, 0.4) is 0 Å². The highest BCUT2D eigenvalue weighted by atomic mass is 16.6. The molecule has 8 heteroatoms. The summed E-state index contributed by atoms with van der Waals surface area (Å²) in [5.41, 5.74) is 0.822. The molecular weight excluding hydrogens is 326 g/mol. The van der Waals surface area contributed by atoms with Gasteiger partial charge >= 0.3 is 12.1 Å². The third-order valence-corrected chi connectivity index (χ3v) is 3.14. The molecule has 8 nitrogen and oxygen atoms in total. The highest BCUT2D eigenvalue weighted by Gasteiger charge is 2.17. The van der Waals surface area contributed by atoms with Crippen molar-refractivity contribution in [1.82, 2.24) is 9.78 Å². The molecule has 25 heavy (non-hydrogen) atoms. The normalized spacial score (nSPS) is 11.0. The third kappa shape index (κ3) is 5.23. The number of amides is 1. The molecular formula is C17H21N3O5. The fourth-order valence-electron chi connectivity index (χ4n) is 2.12. The number of aromatic carboxylic acids is 1. The topological polar surface area (TPSA) is 103 Å². The van der Waals surface area contributed by atoms with Crippen LogP contribution in [0, 0.1) is 0 Å². The zero-order valence-corrected chi connectivity index (χ0v) is 14.6. The minimum absolute atomic E-state index is 0.147. The number of carbonyl (C=O) groups is 2. The van der Waals surface area contributed by atoms with Gasteiger partial charge in [-0.05, 0) is 32.9 Å². The smallest absolute Gasteiger partial charge is 0.412 e. The van der Waals surface area contributed by atoms with E-state index in [4.69, 9.17) is 14.6 Å². The number of benzene rings is 1. The molecule has 0 atom stereocenters. The standard InChI is InChI=1S/C17H21N3O5/c1-17(2,3)25-16(23)19-13-8-18-20(10-13)9-12-6-5-11(15(21)22)7-14(12)24-4/h5-8,10H,9H2,1-4H3,(H,19,23)(H,21,22). The number of nitrogens with zero attached hydrogens (tertiary/aromatic N) is 2. The van der Waals surface area contributed by atoms with Gasteiger partial charge < -0.3 is 14.6 Å². The van der Waals surface area contributed by atoms with Gasteiger partial charge in [0.05, 0.1) is 31.1 Å². The first-order valence-corrected chi connectivity index (χ1v) is 7.60. The van der Waals surface area contributed by atoms with Crippen molar-refractivity contribution in [3.8, 4) is 5.75 Å². The summed E-state index contributed by atoms with van der Waals surface area (Å²) in [6.07, 6.45) is 2.59. The summed E-state index contributed by atoms with van der Waals surface area (Å²) in [6.45, 7) is 5.70. The number of carboxylic acids is 1. The number of methoxy groups -OCH3 is 1. The molecule has 0 saturated heterocycles. The lowest BCUT2D eigenvalue weighted by atomic mass is 10.1. The highest BCUT2D eigenvalue weighted by molar-refractivity contribution is 5.88. The summed E-state index contributed by atoms with van der Waals surface area (Å²) < 4.78 is 12.0. The Hall–Kier alpha value is -3.03. The summed E-state index contributed by atoms with van der Waals surface area (Å²) in [5.74, 6) is -0.565. The maximum atomic E-state index is 11.8. The van der Waals surface area contributed by atoms with Crippen LogP contribution in [0.1, 0.15) is 36.7 Å². The number of rotatable bonds is 5. The Morgan fingerprint density at radius 3 is 2.64 bits per heavy atom. The second-order valence-electron chi connectivity index (χ2n) is 6.39. The zero-order chi connectivity index (χ0) is 18.6. The Morgan fingerprint density at radius 2 is 2.04 bits per heavy atom. The van der Waals surface area contributed by atoms with Crippen molar-refractivity contribution >= 4 is 17.7 Å². The van der Waals surface area contributed by atoms with Crippen molar-refractivity contribution in [2.45, 2.75) is 32.9 Å². The number of aromatic nitrogens is 2. The van der Waals surface area contributed by atoms with Crippen molar-refractivity contribution < 1.29 is 24.2 Å². The molecule has 2 N–H and O–H groups in total. The molecule has 0 saturated carbocycles. The molecule has 0 aliphatic heterocycles. The van der Waals surface area contributed by atoms with E-state index < -0.39 is 17.7 Å². The van der Waals surface area contributed by atoms with Crippen molar-refractivity contribution in [3.05, 3.63) is 41.7 Å². The van der Waals surface area contributed by atoms with Gasteiger partial charge in [-0.25, -0.2) is 9.59 Å². The number of hydrogen-bond donors (Lipinski definition) is 2. The number of anilines is 1. The quantitative estimate of drug-likeness (QED) is 0.862. The Balaban J connectivity index is 2.08. The van der Waals surface area contributed by atoms with E-state index in [-0.39, 0.29) is 5.56 Å². The minimum Gasteiger partial charge on any atom is -0.496 e. The minimum atomic E-state index is -1.02. The summed E-state index contributed by atoms with van der Waals surface area (Å²) in [6, 6.07) is 4.63. The lowest BCUT2D eigenvalue weighted by Gasteiger charge is -2.19. The number of ether oxygens (including phenoxy) is 2. The number of carboxylic acid groups (broad SMARTS) is 1. The molecule has 2 rings (SSSR count). The highest BCUT2D eigenvalue weighted by Crippen LogP contribution is 2.22. The fourth-order valence-corrected chi connectivity index (χ4v) is 2.12. The van der Waals surface area contributed by atoms with Gasteiger partial charge in [-0.1, -0.05) is 6.07 Å². The molecule has 2 aromatic rings. The van der Waals surface area contributed by atoms with Crippen LogP contribution in [0.2, 0.25) is 0 Å². The van der Waals surface area contributed by atoms with E-state index in [1.54, 1.807) is 37.7 Å². The van der Waals surface area contributed by atoms with Gasteiger partial charge in [0, 0.05) is 11.8 Å². The van der Waals surface area contributed by atoms with E-state index in [2.05, 4.69) is 10.4 Å². The van der Waals surface area contributed by atoms with E-state index in [1.807, 2.05) is 0 Å². The van der Waals surface area contributed by atoms with E-state index in [0.717, 1.165) is 5.56 Å². The fraction of sp³-hybridized carbons (Fsp3) is 0.353. The van der Waals surface area contributed by atoms with Gasteiger partial charge in [-0.2, -0.15) is 5.10 Å². The monoisotopic (exact) mass is 347 g/mol. The van der Waals surface area contributed by atoms with Gasteiger partial charge in [0.2, 0.25) is 0 Å². The second kappa shape index (κ2) is 7.25. The van der Waals surface area contributed by atoms with Crippen LogP contribution >= 0.6 is 0 Å². The molecule has 1 amide bonds. The maximum absolute atomic E-state index is 11.8. The van der Waals surface area contributed by atoms with Crippen LogP contribution in [-0.4, -0.2) is 39.7 Å². The SMILES string of the molecule is COc1cc(C(=O)O)ccc1Cn1cc(NC(=O)OC(C)(C)C)cn1. The molecule has 0 unspecified atom stereocenters. The third-order valence-electron chi connectivity index (χ3n) is 3.14. The van der Waals surface area contributed by atoms with Crippen molar-refractivity contribution in [2.75, 3.05) is 12.4 Å². The molecule has 1 aromatic heterocycles. The number of carbonyl (C=O) groups excluding carboxylic acids is 1. The van der Waals surface area contributed by atoms with Gasteiger partial charge in [-0.15, -0.1) is 0 Å². The summed E-state index contributed by atoms with van der Waals surface area (Å²) in [4.78, 5) is 22.8. The predicted molar refractivity (Wildman–Crippen MR) is 91.1 cm³/mol. The van der Waals surface area contributed by atoms with Crippen molar-refractivity contribution in [2.24, 2.45) is 0 Å². The van der Waals surface area contributed by atoms with Crippen LogP contribution < -0.4 is 10.1 Å². The molecule has 0 aliphatic carbocycles. The Labute approximate surface area is 145 Å². The van der Waals surface area contributed by atoms with E-state index >= 15 is 0 Å². The lowest BCUT2D eigenvalue weighted by Crippen LogP contribution is -2.27. The first-order valence-electron chi connectivity index (χ1n) is 7.60. The van der Waals surface area contributed by atoms with Crippen LogP contribution in [0.25, 0.3) is 0 Å². The molecule has 1 aromatic carbocycles. The van der Waals surface area contributed by atoms with Crippen molar-refractivity contribution in [3.63, 3.8) is 0 Å². The van der Waals surface area contributed by atoms with Gasteiger partial charge in [0.1, 0.15) is 11.4 Å². The molecule has 134 valence electrons. The van der Waals surface area contributed by atoms with E-state index in [1.165, 1.54) is 25.4 Å². The Bertz CT molecular complexity index is 777. The van der Waals surface area contributed by atoms with E-state index in [0.29, 0.717) is 18.0 Å². The Kier molecular flexibility index (Phi) is 5.31. The number of hydrogen-bond acceptors (Lipinski definition) is 5. The molecule has 0 bridgehead atoms. The zero-order valence-electron chi connectivity index (χ0n) is 14.6. The molecule has 0 fully saturated rings. The molecule has 1 heterocycles. The first-order chi connectivity index (χ1) is 11.7. The van der Waals surface area contributed by atoms with E-state index in [9.17, 15) is 9.59 Å². The van der Waals surface area contributed by atoms with Crippen LogP contribution in [0.4, 0.5) is 10.5 Å². The van der Waals surface area contributed by atoms with Crippen LogP contribution in [-0.2, 0) is 11.3 Å². The largest absolute Gasteiger partial charge is 0.496 e. The summed E-state index contributed by atoms with van der Waals surface area (Å²) >= 11 is 0.